The van der Waals surface area contributed by atoms with E-state index < -0.39 is 17.9 Å². The van der Waals surface area contributed by atoms with Crippen LogP contribution in [0.25, 0.3) is 0 Å². The number of halogens is 1. The molecule has 2 fully saturated rings. The highest BCUT2D eigenvalue weighted by Gasteiger charge is 2.30. The lowest BCUT2D eigenvalue weighted by Gasteiger charge is -2.34. The third kappa shape index (κ3) is 4.55. The van der Waals surface area contributed by atoms with Gasteiger partial charge in [0, 0.05) is 38.7 Å². The van der Waals surface area contributed by atoms with Crippen molar-refractivity contribution in [2.24, 2.45) is 11.8 Å². The van der Waals surface area contributed by atoms with Crippen LogP contribution in [-0.2, 0) is 9.53 Å². The van der Waals surface area contributed by atoms with Crippen molar-refractivity contribution in [1.82, 2.24) is 5.32 Å². The number of amides is 1. The normalized spacial score (nSPS) is 18.5. The standard InChI is InChI=1S/C20H28FN3O4/c1-22-19(26)13-5-7-24(8-6-13)17-10-15(21)14(20(27)28-2)9-16(17)23-11-18(25)12-3-4-12/h9-10,12-13,18,23,25H,3-8,11H2,1-2H3,(H,22,26). The van der Waals surface area contributed by atoms with Crippen LogP contribution >= 0.6 is 0 Å². The SMILES string of the molecule is CNC(=O)C1CCN(c2cc(F)c(C(=O)OC)cc2NCC(O)C2CC2)CC1. The van der Waals surface area contributed by atoms with E-state index in [4.69, 9.17) is 0 Å². The number of methoxy groups -OCH3 is 1. The number of anilines is 2. The average Bonchev–Trinajstić information content (AvgIpc) is 3.56. The summed E-state index contributed by atoms with van der Waals surface area (Å²) >= 11 is 0. The molecule has 1 saturated carbocycles. The maximum absolute atomic E-state index is 14.6. The smallest absolute Gasteiger partial charge is 0.340 e. The largest absolute Gasteiger partial charge is 0.465 e. The summed E-state index contributed by atoms with van der Waals surface area (Å²) in [5.41, 5.74) is 1.07. The van der Waals surface area contributed by atoms with Crippen LogP contribution in [0, 0.1) is 17.7 Å². The maximum atomic E-state index is 14.6. The van der Waals surface area contributed by atoms with E-state index in [9.17, 15) is 19.1 Å². The molecule has 1 aromatic carbocycles. The van der Waals surface area contributed by atoms with Gasteiger partial charge in [-0.15, -0.1) is 0 Å². The van der Waals surface area contributed by atoms with E-state index in [1.165, 1.54) is 19.2 Å². The summed E-state index contributed by atoms with van der Waals surface area (Å²) in [4.78, 5) is 25.7. The number of carbonyl (C=O) groups excluding carboxylic acids is 2. The Hall–Kier alpha value is -2.35. The van der Waals surface area contributed by atoms with Crippen LogP contribution in [-0.4, -0.2) is 56.9 Å². The summed E-state index contributed by atoms with van der Waals surface area (Å²) in [5, 5.41) is 16.0. The fourth-order valence-electron chi connectivity index (χ4n) is 3.68. The zero-order valence-corrected chi connectivity index (χ0v) is 16.3. The molecule has 28 heavy (non-hydrogen) atoms. The molecule has 8 heteroatoms. The molecule has 7 nitrogen and oxygen atoms in total. The summed E-state index contributed by atoms with van der Waals surface area (Å²) < 4.78 is 19.2. The van der Waals surface area contributed by atoms with Crippen molar-refractivity contribution < 1.29 is 23.8 Å². The number of aliphatic hydroxyl groups is 1. The van der Waals surface area contributed by atoms with Gasteiger partial charge in [0.1, 0.15) is 5.82 Å². The van der Waals surface area contributed by atoms with Crippen LogP contribution < -0.4 is 15.5 Å². The molecule has 1 unspecified atom stereocenters. The first-order valence-electron chi connectivity index (χ1n) is 9.75. The predicted molar refractivity (Wildman–Crippen MR) is 104 cm³/mol. The number of hydrogen-bond donors (Lipinski definition) is 3. The number of aliphatic hydroxyl groups excluding tert-OH is 1. The minimum atomic E-state index is -0.742. The molecule has 1 aliphatic carbocycles. The summed E-state index contributed by atoms with van der Waals surface area (Å²) in [6.07, 6.45) is 2.89. The molecule has 1 aliphatic heterocycles. The van der Waals surface area contributed by atoms with Crippen molar-refractivity contribution in [2.45, 2.75) is 31.8 Å². The second-order valence-corrected chi connectivity index (χ2v) is 7.50. The van der Waals surface area contributed by atoms with Crippen molar-refractivity contribution in [3.8, 4) is 0 Å². The van der Waals surface area contributed by atoms with Gasteiger partial charge in [0.2, 0.25) is 5.91 Å². The van der Waals surface area contributed by atoms with Crippen LogP contribution in [0.4, 0.5) is 15.8 Å². The Kier molecular flexibility index (Phi) is 6.39. The molecule has 0 bridgehead atoms. The van der Waals surface area contributed by atoms with E-state index in [1.807, 2.05) is 4.90 Å². The molecule has 154 valence electrons. The van der Waals surface area contributed by atoms with Crippen LogP contribution in [0.15, 0.2) is 12.1 Å². The third-order valence-corrected chi connectivity index (χ3v) is 5.61. The van der Waals surface area contributed by atoms with Gasteiger partial charge in [-0.1, -0.05) is 0 Å². The van der Waals surface area contributed by atoms with Crippen molar-refractivity contribution in [3.05, 3.63) is 23.5 Å². The predicted octanol–water partition coefficient (Wildman–Crippen LogP) is 1.76. The summed E-state index contributed by atoms with van der Waals surface area (Å²) in [7, 11) is 2.84. The van der Waals surface area contributed by atoms with Gasteiger partial charge in [0.15, 0.2) is 0 Å². The number of carbonyl (C=O) groups is 2. The number of ether oxygens (including phenoxy) is 1. The lowest BCUT2D eigenvalue weighted by molar-refractivity contribution is -0.125. The van der Waals surface area contributed by atoms with Crippen LogP contribution in [0.1, 0.15) is 36.0 Å². The van der Waals surface area contributed by atoms with Gasteiger partial charge in [0.25, 0.3) is 0 Å². The molecule has 2 aliphatic rings. The summed E-state index contributed by atoms with van der Waals surface area (Å²) in [6.45, 7) is 1.54. The fourth-order valence-corrected chi connectivity index (χ4v) is 3.68. The molecule has 1 amide bonds. The second-order valence-electron chi connectivity index (χ2n) is 7.50. The number of hydrogen-bond acceptors (Lipinski definition) is 6. The molecule has 0 aromatic heterocycles. The molecular weight excluding hydrogens is 365 g/mol. The molecule has 1 saturated heterocycles. The highest BCUT2D eigenvalue weighted by Crippen LogP contribution is 2.35. The topological polar surface area (TPSA) is 90.9 Å². The van der Waals surface area contributed by atoms with Crippen LogP contribution in [0.2, 0.25) is 0 Å². The average molecular weight is 393 g/mol. The molecule has 0 spiro atoms. The van der Waals surface area contributed by atoms with Crippen molar-refractivity contribution in [1.29, 1.82) is 0 Å². The van der Waals surface area contributed by atoms with E-state index in [-0.39, 0.29) is 17.4 Å². The van der Waals surface area contributed by atoms with E-state index in [0.29, 0.717) is 49.8 Å². The van der Waals surface area contributed by atoms with Gasteiger partial charge in [-0.2, -0.15) is 0 Å². The van der Waals surface area contributed by atoms with Crippen molar-refractivity contribution in [2.75, 3.05) is 44.0 Å². The van der Waals surface area contributed by atoms with Gasteiger partial charge < -0.3 is 25.4 Å². The Balaban J connectivity index is 1.80. The lowest BCUT2D eigenvalue weighted by atomic mass is 9.95. The quantitative estimate of drug-likeness (QED) is 0.612. The monoisotopic (exact) mass is 393 g/mol. The molecule has 3 rings (SSSR count). The van der Waals surface area contributed by atoms with Gasteiger partial charge in [-0.3, -0.25) is 4.79 Å². The zero-order chi connectivity index (χ0) is 20.3. The Labute approximate surface area is 164 Å². The zero-order valence-electron chi connectivity index (χ0n) is 16.3. The molecular formula is C20H28FN3O4. The van der Waals surface area contributed by atoms with Crippen molar-refractivity contribution in [3.63, 3.8) is 0 Å². The van der Waals surface area contributed by atoms with Crippen LogP contribution in [0.5, 0.6) is 0 Å². The Bertz CT molecular complexity index is 730. The number of rotatable bonds is 7. The summed E-state index contributed by atoms with van der Waals surface area (Å²) in [5.74, 6) is -1.11. The molecule has 1 heterocycles. The minimum absolute atomic E-state index is 0.0257. The first-order chi connectivity index (χ1) is 13.4. The highest BCUT2D eigenvalue weighted by atomic mass is 19.1. The lowest BCUT2D eigenvalue weighted by Crippen LogP contribution is -2.40. The first-order valence-corrected chi connectivity index (χ1v) is 9.75. The number of benzene rings is 1. The Morgan fingerprint density at radius 2 is 1.96 bits per heavy atom. The van der Waals surface area contributed by atoms with Gasteiger partial charge >= 0.3 is 5.97 Å². The van der Waals surface area contributed by atoms with Gasteiger partial charge in [-0.25, -0.2) is 9.18 Å². The van der Waals surface area contributed by atoms with Crippen LogP contribution in [0.3, 0.4) is 0 Å². The van der Waals surface area contributed by atoms with E-state index in [0.717, 1.165) is 12.8 Å². The van der Waals surface area contributed by atoms with Gasteiger partial charge in [-0.05, 0) is 37.7 Å². The van der Waals surface area contributed by atoms with Gasteiger partial charge in [0.05, 0.1) is 30.2 Å². The molecule has 1 aromatic rings. The minimum Gasteiger partial charge on any atom is -0.465 e. The van der Waals surface area contributed by atoms with Crippen molar-refractivity contribution >= 4 is 23.3 Å². The third-order valence-electron chi connectivity index (χ3n) is 5.61. The second kappa shape index (κ2) is 8.77. The number of piperidine rings is 1. The molecule has 3 N–H and O–H groups in total. The Morgan fingerprint density at radius 3 is 2.54 bits per heavy atom. The van der Waals surface area contributed by atoms with E-state index in [2.05, 4.69) is 15.4 Å². The fraction of sp³-hybridized carbons (Fsp3) is 0.600. The summed E-state index contributed by atoms with van der Waals surface area (Å²) in [6, 6.07) is 2.78. The molecule has 0 radical (unpaired) electrons. The maximum Gasteiger partial charge on any atom is 0.340 e. The number of nitrogens with zero attached hydrogens (tertiary/aromatic N) is 1. The number of nitrogens with one attached hydrogen (secondary N) is 2. The molecule has 1 atom stereocenters. The first kappa shape index (κ1) is 20.4. The van der Waals surface area contributed by atoms with E-state index >= 15 is 0 Å². The number of esters is 1. The highest BCUT2D eigenvalue weighted by molar-refractivity contribution is 5.92. The Morgan fingerprint density at radius 1 is 1.29 bits per heavy atom. The van der Waals surface area contributed by atoms with E-state index in [1.54, 1.807) is 7.05 Å².